The minimum Gasteiger partial charge on any atom is -0.349 e. The van der Waals surface area contributed by atoms with Crippen LogP contribution in [0.1, 0.15) is 28.9 Å². The fourth-order valence-electron chi connectivity index (χ4n) is 2.57. The number of ether oxygens (including phenoxy) is 1. The molecule has 1 saturated heterocycles. The van der Waals surface area contributed by atoms with E-state index in [0.717, 1.165) is 5.56 Å². The highest BCUT2D eigenvalue weighted by atomic mass is 19.1. The zero-order chi connectivity index (χ0) is 14.8. The number of rotatable bonds is 2. The Kier molecular flexibility index (Phi) is 3.71. The number of benzene rings is 2. The molecule has 0 saturated carbocycles. The summed E-state index contributed by atoms with van der Waals surface area (Å²) in [5, 5.41) is 0. The fourth-order valence-corrected chi connectivity index (χ4v) is 2.57. The summed E-state index contributed by atoms with van der Waals surface area (Å²) in [6.07, 6.45) is -0.468. The first kappa shape index (κ1) is 13.8. The fraction of sp³-hybridized carbons (Fsp3) is 0.235. The largest absolute Gasteiger partial charge is 0.349 e. The molecule has 2 atom stereocenters. The lowest BCUT2D eigenvalue weighted by molar-refractivity contribution is 0.0137. The van der Waals surface area contributed by atoms with Crippen molar-refractivity contribution in [2.45, 2.75) is 19.3 Å². The van der Waals surface area contributed by atoms with Crippen LogP contribution in [0.25, 0.3) is 0 Å². The molecule has 3 rings (SSSR count). The third-order valence-corrected chi connectivity index (χ3v) is 3.67. The monoisotopic (exact) mass is 285 g/mol. The molecule has 0 bridgehead atoms. The molecule has 0 N–H and O–H groups in total. The van der Waals surface area contributed by atoms with Gasteiger partial charge >= 0.3 is 0 Å². The van der Waals surface area contributed by atoms with Crippen LogP contribution in [-0.2, 0) is 4.74 Å². The van der Waals surface area contributed by atoms with Crippen molar-refractivity contribution >= 4 is 5.91 Å². The van der Waals surface area contributed by atoms with Crippen molar-refractivity contribution in [1.29, 1.82) is 0 Å². The first-order chi connectivity index (χ1) is 10.1. The molecule has 2 unspecified atom stereocenters. The minimum absolute atomic E-state index is 0.140. The highest BCUT2D eigenvalue weighted by Gasteiger charge is 2.34. The van der Waals surface area contributed by atoms with Gasteiger partial charge in [-0.3, -0.25) is 4.79 Å². The zero-order valence-corrected chi connectivity index (χ0v) is 11.7. The second-order valence-electron chi connectivity index (χ2n) is 5.10. The highest BCUT2D eigenvalue weighted by Crippen LogP contribution is 2.29. The first-order valence-electron chi connectivity index (χ1n) is 6.92. The standard InChI is InChI=1S/C17H16FNO2/c1-12-19(17(20)14-8-5-9-15(18)10-14)11-16(21-12)13-6-3-2-4-7-13/h2-10,12,16H,11H2,1H3. The van der Waals surface area contributed by atoms with Gasteiger partial charge in [-0.25, -0.2) is 4.39 Å². The second-order valence-corrected chi connectivity index (χ2v) is 5.10. The van der Waals surface area contributed by atoms with E-state index in [2.05, 4.69) is 0 Å². The predicted molar refractivity (Wildman–Crippen MR) is 77.2 cm³/mol. The van der Waals surface area contributed by atoms with Crippen LogP contribution in [0.3, 0.4) is 0 Å². The third-order valence-electron chi connectivity index (χ3n) is 3.67. The zero-order valence-electron chi connectivity index (χ0n) is 11.7. The van der Waals surface area contributed by atoms with Crippen molar-refractivity contribution in [3.05, 3.63) is 71.5 Å². The normalized spacial score (nSPS) is 21.5. The van der Waals surface area contributed by atoms with Crippen LogP contribution in [0.4, 0.5) is 4.39 Å². The van der Waals surface area contributed by atoms with E-state index in [1.54, 1.807) is 17.0 Å². The maximum absolute atomic E-state index is 13.3. The van der Waals surface area contributed by atoms with Gasteiger partial charge in [0.05, 0.1) is 6.54 Å². The quantitative estimate of drug-likeness (QED) is 0.846. The second kappa shape index (κ2) is 5.66. The summed E-state index contributed by atoms with van der Waals surface area (Å²) in [5.41, 5.74) is 1.39. The predicted octanol–water partition coefficient (Wildman–Crippen LogP) is 3.39. The first-order valence-corrected chi connectivity index (χ1v) is 6.92. The summed E-state index contributed by atoms with van der Waals surface area (Å²) >= 11 is 0. The molecule has 1 heterocycles. The van der Waals surface area contributed by atoms with Gasteiger partial charge in [-0.2, -0.15) is 0 Å². The van der Waals surface area contributed by atoms with Crippen molar-refractivity contribution < 1.29 is 13.9 Å². The molecule has 3 nitrogen and oxygen atoms in total. The Bertz CT molecular complexity index is 644. The molecule has 0 aromatic heterocycles. The summed E-state index contributed by atoms with van der Waals surface area (Å²) in [6.45, 7) is 2.31. The molecule has 0 radical (unpaired) electrons. The van der Waals surface area contributed by atoms with Gasteiger partial charge in [0.2, 0.25) is 0 Å². The number of hydrogen-bond acceptors (Lipinski definition) is 2. The van der Waals surface area contributed by atoms with Crippen molar-refractivity contribution in [2.24, 2.45) is 0 Å². The lowest BCUT2D eigenvalue weighted by atomic mass is 10.1. The lowest BCUT2D eigenvalue weighted by Crippen LogP contribution is -2.34. The molecule has 1 amide bonds. The number of halogens is 1. The highest BCUT2D eigenvalue weighted by molar-refractivity contribution is 5.94. The van der Waals surface area contributed by atoms with E-state index in [1.807, 2.05) is 37.3 Å². The summed E-state index contributed by atoms with van der Waals surface area (Å²) < 4.78 is 19.1. The number of hydrogen-bond donors (Lipinski definition) is 0. The lowest BCUT2D eigenvalue weighted by Gasteiger charge is -2.19. The molecule has 1 aliphatic heterocycles. The van der Waals surface area contributed by atoms with Crippen LogP contribution in [0, 0.1) is 5.82 Å². The topological polar surface area (TPSA) is 29.5 Å². The van der Waals surface area contributed by atoms with Crippen LogP contribution in [0.5, 0.6) is 0 Å². The van der Waals surface area contributed by atoms with Crippen LogP contribution in [0.2, 0.25) is 0 Å². The Labute approximate surface area is 123 Å². The summed E-state index contributed by atoms with van der Waals surface area (Å²) in [4.78, 5) is 14.1. The molecule has 108 valence electrons. The third kappa shape index (κ3) is 2.81. The maximum Gasteiger partial charge on any atom is 0.256 e. The molecule has 0 aliphatic carbocycles. The van der Waals surface area contributed by atoms with Gasteiger partial charge in [-0.1, -0.05) is 36.4 Å². The van der Waals surface area contributed by atoms with Gasteiger partial charge < -0.3 is 9.64 Å². The van der Waals surface area contributed by atoms with Gasteiger partial charge in [-0.15, -0.1) is 0 Å². The van der Waals surface area contributed by atoms with Crippen molar-refractivity contribution in [2.75, 3.05) is 6.54 Å². The Hall–Kier alpha value is -2.20. The molecule has 0 spiro atoms. The Morgan fingerprint density at radius 2 is 1.95 bits per heavy atom. The van der Waals surface area contributed by atoms with Crippen LogP contribution in [0.15, 0.2) is 54.6 Å². The average molecular weight is 285 g/mol. The molecule has 2 aromatic carbocycles. The van der Waals surface area contributed by atoms with Crippen LogP contribution < -0.4 is 0 Å². The summed E-state index contributed by atoms with van der Waals surface area (Å²) in [7, 11) is 0. The van der Waals surface area contributed by atoms with Crippen molar-refractivity contribution in [3.63, 3.8) is 0 Å². The molecular weight excluding hydrogens is 269 g/mol. The van der Waals surface area contributed by atoms with Gasteiger partial charge in [-0.05, 0) is 30.7 Å². The SMILES string of the molecule is CC1OC(c2ccccc2)CN1C(=O)c1cccc(F)c1. The summed E-state index contributed by atoms with van der Waals surface area (Å²) in [5.74, 6) is -0.617. The van der Waals surface area contributed by atoms with E-state index < -0.39 is 5.82 Å². The molecule has 21 heavy (non-hydrogen) atoms. The molecular formula is C17H16FNO2. The van der Waals surface area contributed by atoms with Crippen molar-refractivity contribution in [3.8, 4) is 0 Å². The van der Waals surface area contributed by atoms with E-state index in [-0.39, 0.29) is 18.2 Å². The number of carbonyl (C=O) groups excluding carboxylic acids is 1. The molecule has 1 aliphatic rings. The number of carbonyl (C=O) groups is 1. The van der Waals surface area contributed by atoms with E-state index in [1.165, 1.54) is 12.1 Å². The molecule has 1 fully saturated rings. The van der Waals surface area contributed by atoms with Gasteiger partial charge in [0, 0.05) is 5.56 Å². The van der Waals surface area contributed by atoms with E-state index in [9.17, 15) is 9.18 Å². The average Bonchev–Trinajstić information content (AvgIpc) is 2.89. The Morgan fingerprint density at radius 3 is 2.67 bits per heavy atom. The Morgan fingerprint density at radius 1 is 1.19 bits per heavy atom. The number of amides is 1. The van der Waals surface area contributed by atoms with Crippen LogP contribution >= 0.6 is 0 Å². The van der Waals surface area contributed by atoms with Gasteiger partial charge in [0.1, 0.15) is 18.1 Å². The van der Waals surface area contributed by atoms with E-state index >= 15 is 0 Å². The smallest absolute Gasteiger partial charge is 0.256 e. The number of nitrogens with zero attached hydrogens (tertiary/aromatic N) is 1. The molecule has 4 heteroatoms. The molecule has 2 aromatic rings. The van der Waals surface area contributed by atoms with Gasteiger partial charge in [0.15, 0.2) is 0 Å². The van der Waals surface area contributed by atoms with Gasteiger partial charge in [0.25, 0.3) is 5.91 Å². The van der Waals surface area contributed by atoms with E-state index in [4.69, 9.17) is 4.74 Å². The van der Waals surface area contributed by atoms with Crippen LogP contribution in [-0.4, -0.2) is 23.6 Å². The summed E-state index contributed by atoms with van der Waals surface area (Å²) in [6, 6.07) is 15.5. The maximum atomic E-state index is 13.3. The Balaban J connectivity index is 1.79. The van der Waals surface area contributed by atoms with E-state index in [0.29, 0.717) is 12.1 Å². The minimum atomic E-state index is -0.409. The van der Waals surface area contributed by atoms with Crippen molar-refractivity contribution in [1.82, 2.24) is 4.90 Å².